The number of hydrogen-bond acceptors (Lipinski definition) is 4. The molecule has 3 nitrogen and oxygen atoms in total. The van der Waals surface area contributed by atoms with E-state index >= 15 is 0 Å². The Morgan fingerprint density at radius 3 is 2.33 bits per heavy atom. The Bertz CT molecular complexity index is 1240. The molecular weight excluding hydrogens is 540 g/mol. The van der Waals surface area contributed by atoms with Crippen LogP contribution < -0.4 is 4.74 Å². The van der Waals surface area contributed by atoms with Gasteiger partial charge in [0.2, 0.25) is 0 Å². The summed E-state index contributed by atoms with van der Waals surface area (Å²) >= 11 is 31.9. The molecule has 1 fully saturated rings. The second-order valence-electron chi connectivity index (χ2n) is 7.05. The first-order chi connectivity index (χ1) is 15.8. The topological polar surface area (TPSA) is 29.5 Å². The van der Waals surface area contributed by atoms with Crippen molar-refractivity contribution in [2.45, 2.75) is 13.2 Å². The van der Waals surface area contributed by atoms with E-state index in [9.17, 15) is 4.79 Å². The molecule has 4 rings (SSSR count). The first kappa shape index (κ1) is 24.4. The van der Waals surface area contributed by atoms with Crippen LogP contribution >= 0.6 is 70.4 Å². The zero-order valence-electron chi connectivity index (χ0n) is 16.9. The highest BCUT2D eigenvalue weighted by molar-refractivity contribution is 8.26. The van der Waals surface area contributed by atoms with E-state index in [4.69, 9.17) is 63.4 Å². The van der Waals surface area contributed by atoms with E-state index in [1.807, 2.05) is 30.3 Å². The van der Waals surface area contributed by atoms with E-state index in [1.54, 1.807) is 41.3 Å². The van der Waals surface area contributed by atoms with E-state index in [0.29, 0.717) is 52.7 Å². The molecule has 0 unspecified atom stereocenters. The van der Waals surface area contributed by atoms with Crippen molar-refractivity contribution in [1.82, 2.24) is 4.90 Å². The van der Waals surface area contributed by atoms with Crippen LogP contribution in [0.25, 0.3) is 6.08 Å². The highest BCUT2D eigenvalue weighted by atomic mass is 35.5. The Kier molecular flexibility index (Phi) is 7.90. The first-order valence-electron chi connectivity index (χ1n) is 9.67. The van der Waals surface area contributed by atoms with Gasteiger partial charge in [-0.15, -0.1) is 0 Å². The number of thioether (sulfide) groups is 1. The van der Waals surface area contributed by atoms with Gasteiger partial charge >= 0.3 is 0 Å². The molecule has 3 aromatic rings. The van der Waals surface area contributed by atoms with Crippen LogP contribution in [0, 0.1) is 0 Å². The zero-order valence-corrected chi connectivity index (χ0v) is 21.5. The second-order valence-corrected chi connectivity index (χ2v) is 10.4. The minimum absolute atomic E-state index is 0.0929. The highest BCUT2D eigenvalue weighted by Crippen LogP contribution is 2.39. The maximum atomic E-state index is 13.1. The fourth-order valence-corrected chi connectivity index (χ4v) is 5.51. The monoisotopic (exact) mass is 553 g/mol. The van der Waals surface area contributed by atoms with Gasteiger partial charge in [-0.3, -0.25) is 9.69 Å². The summed E-state index contributed by atoms with van der Waals surface area (Å²) in [5.41, 5.74) is 2.17. The lowest BCUT2D eigenvalue weighted by molar-refractivity contribution is -0.122. The number of benzene rings is 3. The van der Waals surface area contributed by atoms with Gasteiger partial charge in [0.15, 0.2) is 0 Å². The van der Waals surface area contributed by atoms with E-state index < -0.39 is 0 Å². The first-order valence-corrected chi connectivity index (χ1v) is 12.4. The standard InChI is InChI=1S/C24H15Cl4NO2S2/c25-16-9-15(22(20(28)11-16)31-13-17-18(26)7-4-8-19(17)27)10-21-23(30)29(24(32)33-21)12-14-5-2-1-3-6-14/h1-11H,12-13H2. The van der Waals surface area contributed by atoms with Crippen molar-refractivity contribution in [2.75, 3.05) is 0 Å². The number of hydrogen-bond donors (Lipinski definition) is 0. The summed E-state index contributed by atoms with van der Waals surface area (Å²) in [6.07, 6.45) is 1.69. The minimum atomic E-state index is -0.190. The van der Waals surface area contributed by atoms with Gasteiger partial charge in [0, 0.05) is 26.2 Å². The van der Waals surface area contributed by atoms with Gasteiger partial charge in [-0.1, -0.05) is 107 Å². The largest absolute Gasteiger partial charge is 0.487 e. The van der Waals surface area contributed by atoms with Gasteiger partial charge in [0.05, 0.1) is 16.5 Å². The van der Waals surface area contributed by atoms with Crippen molar-refractivity contribution in [3.63, 3.8) is 0 Å². The molecule has 1 aliphatic heterocycles. The van der Waals surface area contributed by atoms with Crippen LogP contribution in [0.5, 0.6) is 5.75 Å². The summed E-state index contributed by atoms with van der Waals surface area (Å²) < 4.78 is 6.47. The number of amides is 1. The number of rotatable bonds is 6. The predicted molar refractivity (Wildman–Crippen MR) is 142 cm³/mol. The average molecular weight is 555 g/mol. The predicted octanol–water partition coefficient (Wildman–Crippen LogP) is 8.28. The van der Waals surface area contributed by atoms with Crippen LogP contribution in [0.15, 0.2) is 65.6 Å². The molecule has 1 saturated heterocycles. The maximum absolute atomic E-state index is 13.1. The SMILES string of the molecule is O=C1C(=Cc2cc(Cl)cc(Cl)c2OCc2c(Cl)cccc2Cl)SC(=S)N1Cc1ccccc1. The summed E-state index contributed by atoms with van der Waals surface area (Å²) in [6.45, 7) is 0.489. The van der Waals surface area contributed by atoms with Crippen LogP contribution in [-0.4, -0.2) is 15.1 Å². The van der Waals surface area contributed by atoms with Crippen molar-refractivity contribution in [3.05, 3.63) is 102 Å². The Balaban J connectivity index is 1.62. The number of ether oxygens (including phenoxy) is 1. The quantitative estimate of drug-likeness (QED) is 0.226. The molecular formula is C24H15Cl4NO2S2. The van der Waals surface area contributed by atoms with Crippen molar-refractivity contribution in [2.24, 2.45) is 0 Å². The summed E-state index contributed by atoms with van der Waals surface area (Å²) in [4.78, 5) is 15.1. The smallest absolute Gasteiger partial charge is 0.266 e. The van der Waals surface area contributed by atoms with E-state index in [-0.39, 0.29) is 12.5 Å². The molecule has 33 heavy (non-hydrogen) atoms. The van der Waals surface area contributed by atoms with Crippen LogP contribution in [0.2, 0.25) is 20.1 Å². The molecule has 0 radical (unpaired) electrons. The third-order valence-electron chi connectivity index (χ3n) is 4.80. The van der Waals surface area contributed by atoms with Gasteiger partial charge in [-0.2, -0.15) is 0 Å². The summed E-state index contributed by atoms with van der Waals surface area (Å²) in [5.74, 6) is 0.176. The third-order valence-corrected chi connectivity index (χ3v) is 7.39. The Morgan fingerprint density at radius 2 is 1.64 bits per heavy atom. The molecule has 168 valence electrons. The van der Waals surface area contributed by atoms with E-state index in [0.717, 1.165) is 5.56 Å². The Labute approximate surface area is 221 Å². The van der Waals surface area contributed by atoms with Crippen molar-refractivity contribution in [3.8, 4) is 5.75 Å². The maximum Gasteiger partial charge on any atom is 0.266 e. The zero-order chi connectivity index (χ0) is 23.5. The van der Waals surface area contributed by atoms with Gasteiger partial charge in [0.25, 0.3) is 5.91 Å². The molecule has 0 saturated carbocycles. The number of nitrogens with zero attached hydrogens (tertiary/aromatic N) is 1. The molecule has 3 aromatic carbocycles. The average Bonchev–Trinajstić information content (AvgIpc) is 3.03. The van der Waals surface area contributed by atoms with Crippen molar-refractivity contribution < 1.29 is 9.53 Å². The minimum Gasteiger partial charge on any atom is -0.487 e. The molecule has 1 aliphatic rings. The van der Waals surface area contributed by atoms with Crippen LogP contribution in [0.1, 0.15) is 16.7 Å². The fourth-order valence-electron chi connectivity index (χ4n) is 3.20. The molecule has 0 N–H and O–H groups in total. The van der Waals surface area contributed by atoms with Crippen LogP contribution in [0.4, 0.5) is 0 Å². The summed E-state index contributed by atoms with van der Waals surface area (Å²) in [5, 5.41) is 1.68. The van der Waals surface area contributed by atoms with Gasteiger partial charge in [-0.25, -0.2) is 0 Å². The third kappa shape index (κ3) is 5.68. The lowest BCUT2D eigenvalue weighted by Gasteiger charge is -2.15. The lowest BCUT2D eigenvalue weighted by atomic mass is 10.1. The summed E-state index contributed by atoms with van der Waals surface area (Å²) in [6, 6.07) is 18.1. The molecule has 0 aliphatic carbocycles. The molecule has 0 atom stereocenters. The molecule has 0 bridgehead atoms. The number of halogens is 4. The Hall–Kier alpha value is -1.73. The summed E-state index contributed by atoms with van der Waals surface area (Å²) in [7, 11) is 0. The van der Waals surface area contributed by atoms with Crippen molar-refractivity contribution >= 4 is 86.7 Å². The van der Waals surface area contributed by atoms with E-state index in [2.05, 4.69) is 0 Å². The molecule has 0 aromatic heterocycles. The molecule has 9 heteroatoms. The molecule has 1 amide bonds. The number of carbonyl (C=O) groups is 1. The van der Waals surface area contributed by atoms with Crippen LogP contribution in [0.3, 0.4) is 0 Å². The van der Waals surface area contributed by atoms with E-state index in [1.165, 1.54) is 11.8 Å². The number of thiocarbonyl (C=S) groups is 1. The molecule has 1 heterocycles. The second kappa shape index (κ2) is 10.7. The Morgan fingerprint density at radius 1 is 0.939 bits per heavy atom. The highest BCUT2D eigenvalue weighted by Gasteiger charge is 2.32. The lowest BCUT2D eigenvalue weighted by Crippen LogP contribution is -2.27. The van der Waals surface area contributed by atoms with Gasteiger partial charge in [0.1, 0.15) is 16.7 Å². The number of carbonyl (C=O) groups excluding carboxylic acids is 1. The fraction of sp³-hybridized carbons (Fsp3) is 0.0833. The normalized spacial score (nSPS) is 14.9. The van der Waals surface area contributed by atoms with Gasteiger partial charge < -0.3 is 4.74 Å². The van der Waals surface area contributed by atoms with Crippen LogP contribution in [-0.2, 0) is 17.9 Å². The van der Waals surface area contributed by atoms with Gasteiger partial charge in [-0.05, 0) is 35.9 Å². The van der Waals surface area contributed by atoms with Crippen molar-refractivity contribution in [1.29, 1.82) is 0 Å². The molecule has 0 spiro atoms.